The number of hydrogen-bond donors (Lipinski definition) is 2. The lowest BCUT2D eigenvalue weighted by Gasteiger charge is -2.35. The zero-order valence-corrected chi connectivity index (χ0v) is 14.0. The van der Waals surface area contributed by atoms with Crippen molar-refractivity contribution in [1.82, 2.24) is 5.32 Å². The quantitative estimate of drug-likeness (QED) is 0.596. The van der Waals surface area contributed by atoms with Gasteiger partial charge in [0.25, 0.3) is 5.69 Å². The van der Waals surface area contributed by atoms with Gasteiger partial charge in [0, 0.05) is 50.1 Å². The number of nitro benzene ring substituents is 1. The highest BCUT2D eigenvalue weighted by Crippen LogP contribution is 2.24. The molecule has 0 spiro atoms. The summed E-state index contributed by atoms with van der Waals surface area (Å²) in [7, 11) is 0. The number of rotatable bonds is 7. The van der Waals surface area contributed by atoms with Crippen molar-refractivity contribution in [3.05, 3.63) is 34.4 Å². The molecular weight excluding hydrogens is 294 g/mol. The number of benzene rings is 1. The summed E-state index contributed by atoms with van der Waals surface area (Å²) in [6, 6.07) is 7.29. The molecule has 0 radical (unpaired) electrons. The maximum Gasteiger partial charge on any atom is 0.269 e. The van der Waals surface area contributed by atoms with Crippen molar-refractivity contribution < 1.29 is 10.0 Å². The number of nitrogens with zero attached hydrogens (tertiary/aromatic N) is 2. The number of aliphatic hydroxyl groups is 1. The van der Waals surface area contributed by atoms with Gasteiger partial charge in [-0.2, -0.15) is 0 Å². The fourth-order valence-corrected chi connectivity index (χ4v) is 2.94. The summed E-state index contributed by atoms with van der Waals surface area (Å²) in [6.07, 6.45) is 2.93. The number of anilines is 1. The molecule has 6 nitrogen and oxygen atoms in total. The first kappa shape index (κ1) is 17.7. The molecule has 1 aliphatic rings. The first-order valence-electron chi connectivity index (χ1n) is 8.25. The number of hydrogen-bond acceptors (Lipinski definition) is 5. The number of piperidine rings is 1. The minimum absolute atomic E-state index is 0.115. The lowest BCUT2D eigenvalue weighted by atomic mass is 9.89. The third-order valence-corrected chi connectivity index (χ3v) is 4.58. The molecule has 2 N–H and O–H groups in total. The molecule has 128 valence electrons. The van der Waals surface area contributed by atoms with Crippen molar-refractivity contribution >= 4 is 11.4 Å². The molecule has 23 heavy (non-hydrogen) atoms. The molecule has 0 aliphatic carbocycles. The summed E-state index contributed by atoms with van der Waals surface area (Å²) < 4.78 is 0. The summed E-state index contributed by atoms with van der Waals surface area (Å²) in [4.78, 5) is 12.6. The zero-order chi connectivity index (χ0) is 16.9. The van der Waals surface area contributed by atoms with Crippen LogP contribution >= 0.6 is 0 Å². The first-order chi connectivity index (χ1) is 10.9. The van der Waals surface area contributed by atoms with Crippen LogP contribution in [0.15, 0.2) is 24.3 Å². The lowest BCUT2D eigenvalue weighted by Crippen LogP contribution is -2.45. The van der Waals surface area contributed by atoms with Crippen LogP contribution in [0.1, 0.15) is 33.1 Å². The van der Waals surface area contributed by atoms with Crippen LogP contribution in [-0.2, 0) is 0 Å². The Kier molecular flexibility index (Phi) is 5.96. The van der Waals surface area contributed by atoms with Crippen molar-refractivity contribution in [3.63, 3.8) is 0 Å². The standard InChI is InChI=1S/C17H27N3O3/c1-17(2,9-12-21)13-18-14-7-10-19(11-8-14)15-3-5-16(6-4-15)20(22)23/h3-6,14,18,21H,7-13H2,1-2H3. The molecule has 2 rings (SSSR count). The van der Waals surface area contributed by atoms with Gasteiger partial charge in [-0.1, -0.05) is 13.8 Å². The Morgan fingerprint density at radius 1 is 1.30 bits per heavy atom. The van der Waals surface area contributed by atoms with Crippen LogP contribution in [0.5, 0.6) is 0 Å². The molecule has 0 bridgehead atoms. The summed E-state index contributed by atoms with van der Waals surface area (Å²) >= 11 is 0. The molecule has 6 heteroatoms. The van der Waals surface area contributed by atoms with E-state index < -0.39 is 0 Å². The van der Waals surface area contributed by atoms with Crippen LogP contribution < -0.4 is 10.2 Å². The van der Waals surface area contributed by atoms with Gasteiger partial charge in [-0.15, -0.1) is 0 Å². The number of nitro groups is 1. The molecule has 0 unspecified atom stereocenters. The average molecular weight is 321 g/mol. The Bertz CT molecular complexity index is 508. The first-order valence-corrected chi connectivity index (χ1v) is 8.25. The second-order valence-corrected chi connectivity index (χ2v) is 7.05. The Labute approximate surface area is 137 Å². The Morgan fingerprint density at radius 3 is 2.43 bits per heavy atom. The van der Waals surface area contributed by atoms with E-state index >= 15 is 0 Å². The molecule has 1 heterocycles. The predicted molar refractivity (Wildman–Crippen MR) is 91.8 cm³/mol. The van der Waals surface area contributed by atoms with E-state index in [4.69, 9.17) is 5.11 Å². The van der Waals surface area contributed by atoms with Crippen molar-refractivity contribution in [2.24, 2.45) is 5.41 Å². The van der Waals surface area contributed by atoms with Gasteiger partial charge in [0.05, 0.1) is 4.92 Å². The van der Waals surface area contributed by atoms with E-state index in [1.54, 1.807) is 12.1 Å². The van der Waals surface area contributed by atoms with Gasteiger partial charge >= 0.3 is 0 Å². The average Bonchev–Trinajstić information content (AvgIpc) is 2.53. The van der Waals surface area contributed by atoms with Crippen LogP contribution in [0.2, 0.25) is 0 Å². The molecule has 0 aromatic heterocycles. The van der Waals surface area contributed by atoms with E-state index in [0.29, 0.717) is 6.04 Å². The minimum atomic E-state index is -0.367. The molecule has 0 amide bonds. The Balaban J connectivity index is 1.80. The van der Waals surface area contributed by atoms with Crippen molar-refractivity contribution in [1.29, 1.82) is 0 Å². The SMILES string of the molecule is CC(C)(CCO)CNC1CCN(c2ccc([N+](=O)[O-])cc2)CC1. The smallest absolute Gasteiger partial charge is 0.269 e. The normalized spacial score (nSPS) is 16.6. The molecule has 1 aromatic rings. The second-order valence-electron chi connectivity index (χ2n) is 7.05. The van der Waals surface area contributed by atoms with Gasteiger partial charge in [0.15, 0.2) is 0 Å². The van der Waals surface area contributed by atoms with E-state index in [0.717, 1.165) is 44.6 Å². The molecule has 0 atom stereocenters. The van der Waals surface area contributed by atoms with Gasteiger partial charge in [0.1, 0.15) is 0 Å². The monoisotopic (exact) mass is 321 g/mol. The van der Waals surface area contributed by atoms with Crippen LogP contribution in [-0.4, -0.2) is 42.3 Å². The van der Waals surface area contributed by atoms with Crippen LogP contribution in [0.4, 0.5) is 11.4 Å². The van der Waals surface area contributed by atoms with Gasteiger partial charge in [-0.3, -0.25) is 10.1 Å². The topological polar surface area (TPSA) is 78.6 Å². The van der Waals surface area contributed by atoms with Crippen LogP contribution in [0.25, 0.3) is 0 Å². The molecule has 0 saturated carbocycles. The summed E-state index contributed by atoms with van der Waals surface area (Å²) in [6.45, 7) is 7.39. The van der Waals surface area contributed by atoms with Crippen molar-refractivity contribution in [2.45, 2.75) is 39.2 Å². The lowest BCUT2D eigenvalue weighted by molar-refractivity contribution is -0.384. The summed E-state index contributed by atoms with van der Waals surface area (Å²) in [5, 5.41) is 23.4. The highest BCUT2D eigenvalue weighted by atomic mass is 16.6. The van der Waals surface area contributed by atoms with Gasteiger partial charge in [0.2, 0.25) is 0 Å². The van der Waals surface area contributed by atoms with Crippen molar-refractivity contribution in [2.75, 3.05) is 31.1 Å². The van der Waals surface area contributed by atoms with Crippen molar-refractivity contribution in [3.8, 4) is 0 Å². The predicted octanol–water partition coefficient (Wildman–Crippen LogP) is 2.56. The second kappa shape index (κ2) is 7.75. The van der Waals surface area contributed by atoms with Crippen LogP contribution in [0.3, 0.4) is 0 Å². The number of aliphatic hydroxyl groups excluding tert-OH is 1. The molecular formula is C17H27N3O3. The van der Waals surface area contributed by atoms with E-state index in [1.165, 1.54) is 0 Å². The molecule has 1 fully saturated rings. The minimum Gasteiger partial charge on any atom is -0.396 e. The largest absolute Gasteiger partial charge is 0.396 e. The van der Waals surface area contributed by atoms with Gasteiger partial charge in [-0.25, -0.2) is 0 Å². The Hall–Kier alpha value is -1.66. The fraction of sp³-hybridized carbons (Fsp3) is 0.647. The highest BCUT2D eigenvalue weighted by Gasteiger charge is 2.23. The third kappa shape index (κ3) is 5.18. The summed E-state index contributed by atoms with van der Waals surface area (Å²) in [5.74, 6) is 0. The zero-order valence-electron chi connectivity index (χ0n) is 14.0. The number of nitrogens with one attached hydrogen (secondary N) is 1. The molecule has 1 aliphatic heterocycles. The third-order valence-electron chi connectivity index (χ3n) is 4.58. The van der Waals surface area contributed by atoms with E-state index in [-0.39, 0.29) is 22.6 Å². The highest BCUT2D eigenvalue weighted by molar-refractivity contribution is 5.51. The van der Waals surface area contributed by atoms with E-state index in [1.807, 2.05) is 12.1 Å². The van der Waals surface area contributed by atoms with E-state index in [2.05, 4.69) is 24.1 Å². The molecule has 1 saturated heterocycles. The van der Waals surface area contributed by atoms with Gasteiger partial charge < -0.3 is 15.3 Å². The number of non-ortho nitro benzene ring substituents is 1. The Morgan fingerprint density at radius 2 is 1.91 bits per heavy atom. The maximum atomic E-state index is 10.7. The van der Waals surface area contributed by atoms with Crippen LogP contribution in [0, 0.1) is 15.5 Å². The summed E-state index contributed by atoms with van der Waals surface area (Å²) in [5.41, 5.74) is 1.30. The molecule has 1 aromatic carbocycles. The van der Waals surface area contributed by atoms with E-state index in [9.17, 15) is 10.1 Å². The maximum absolute atomic E-state index is 10.7. The fourth-order valence-electron chi connectivity index (χ4n) is 2.94. The van der Waals surface area contributed by atoms with Gasteiger partial charge in [-0.05, 0) is 36.8 Å².